The topological polar surface area (TPSA) is 49.9 Å². The smallest absolute Gasteiger partial charge is 0.257 e. The third-order valence-corrected chi connectivity index (χ3v) is 7.41. The van der Waals surface area contributed by atoms with E-state index in [-0.39, 0.29) is 36.7 Å². The van der Waals surface area contributed by atoms with E-state index in [1.54, 1.807) is 34.4 Å². The number of nitrogens with zero attached hydrogens (tertiary/aromatic N) is 2. The predicted octanol–water partition coefficient (Wildman–Crippen LogP) is 5.47. The highest BCUT2D eigenvalue weighted by molar-refractivity contribution is 7.10. The number of hydrogen-bond donors (Lipinski definition) is 0. The number of benzene rings is 2. The lowest BCUT2D eigenvalue weighted by Gasteiger charge is -2.38. The van der Waals surface area contributed by atoms with Crippen molar-refractivity contribution in [3.8, 4) is 5.75 Å². The zero-order valence-corrected chi connectivity index (χ0v) is 20.6. The van der Waals surface area contributed by atoms with Gasteiger partial charge in [0.15, 0.2) is 0 Å². The zero-order chi connectivity index (χ0) is 24.9. The Bertz CT molecular complexity index is 1200. The summed E-state index contributed by atoms with van der Waals surface area (Å²) in [5, 5.41) is 1.99. The lowest BCUT2D eigenvalue weighted by molar-refractivity contribution is -0.136. The zero-order valence-electron chi connectivity index (χ0n) is 19.7. The van der Waals surface area contributed by atoms with Gasteiger partial charge in [0.1, 0.15) is 30.5 Å². The van der Waals surface area contributed by atoms with E-state index in [9.17, 15) is 18.4 Å². The van der Waals surface area contributed by atoms with Crippen molar-refractivity contribution < 1.29 is 23.1 Å². The Hall–Kier alpha value is -3.26. The second-order valence-electron chi connectivity index (χ2n) is 8.59. The number of halogens is 2. The van der Waals surface area contributed by atoms with Crippen LogP contribution >= 0.6 is 11.3 Å². The molecule has 0 aliphatic carbocycles. The van der Waals surface area contributed by atoms with Crippen LogP contribution < -0.4 is 4.74 Å². The molecule has 0 saturated heterocycles. The van der Waals surface area contributed by atoms with Gasteiger partial charge in [0.2, 0.25) is 5.91 Å². The molecule has 2 heterocycles. The summed E-state index contributed by atoms with van der Waals surface area (Å²) in [4.78, 5) is 31.1. The van der Waals surface area contributed by atoms with Gasteiger partial charge in [0.05, 0.1) is 11.6 Å². The maximum Gasteiger partial charge on any atom is 0.257 e. The fourth-order valence-corrected chi connectivity index (χ4v) is 5.21. The normalized spacial score (nSPS) is 15.9. The molecule has 2 amide bonds. The Balaban J connectivity index is 1.56. The molecule has 5 nitrogen and oxygen atoms in total. The number of carbonyl (C=O) groups is 2. The maximum absolute atomic E-state index is 14.4. The summed E-state index contributed by atoms with van der Waals surface area (Å²) in [5.41, 5.74) is 0.951. The average Bonchev–Trinajstić information content (AvgIpc) is 3.34. The third kappa shape index (κ3) is 5.53. The van der Waals surface area contributed by atoms with Crippen molar-refractivity contribution in [3.63, 3.8) is 0 Å². The first-order chi connectivity index (χ1) is 16.9. The molecule has 0 bridgehead atoms. The van der Waals surface area contributed by atoms with E-state index in [2.05, 4.69) is 0 Å². The van der Waals surface area contributed by atoms with E-state index in [0.29, 0.717) is 25.1 Å². The van der Waals surface area contributed by atoms with Crippen LogP contribution in [0.25, 0.3) is 0 Å². The molecule has 35 heavy (non-hydrogen) atoms. The molecule has 0 radical (unpaired) electrons. The van der Waals surface area contributed by atoms with Crippen molar-refractivity contribution in [1.29, 1.82) is 0 Å². The quantitative estimate of drug-likeness (QED) is 0.414. The highest BCUT2D eigenvalue weighted by Gasteiger charge is 2.34. The van der Waals surface area contributed by atoms with Gasteiger partial charge in [-0.2, -0.15) is 0 Å². The van der Waals surface area contributed by atoms with Crippen LogP contribution in [0.15, 0.2) is 60.0 Å². The summed E-state index contributed by atoms with van der Waals surface area (Å²) >= 11 is 1.63. The Kier molecular flexibility index (Phi) is 7.80. The Morgan fingerprint density at radius 3 is 2.71 bits per heavy atom. The lowest BCUT2D eigenvalue weighted by atomic mass is 10.00. The van der Waals surface area contributed by atoms with E-state index >= 15 is 0 Å². The summed E-state index contributed by atoms with van der Waals surface area (Å²) in [6.45, 7) is 4.24. The molecule has 1 aliphatic rings. The minimum atomic E-state index is -0.611. The fraction of sp³-hybridized carbons (Fsp3) is 0.333. The van der Waals surface area contributed by atoms with Crippen LogP contribution in [0.5, 0.6) is 5.75 Å². The average molecular weight is 499 g/mol. The van der Waals surface area contributed by atoms with Crippen LogP contribution in [0.3, 0.4) is 0 Å². The first-order valence-corrected chi connectivity index (χ1v) is 12.6. The van der Waals surface area contributed by atoms with Gasteiger partial charge in [-0.05, 0) is 61.0 Å². The minimum Gasteiger partial charge on any atom is -0.491 e. The Morgan fingerprint density at radius 1 is 1.17 bits per heavy atom. The van der Waals surface area contributed by atoms with E-state index in [1.165, 1.54) is 40.1 Å². The van der Waals surface area contributed by atoms with Crippen LogP contribution in [0.1, 0.15) is 47.1 Å². The number of carbonyl (C=O) groups excluding carboxylic acids is 2. The summed E-state index contributed by atoms with van der Waals surface area (Å²) in [6.07, 6.45) is 1.33. The van der Waals surface area contributed by atoms with Gasteiger partial charge in [-0.15, -0.1) is 11.3 Å². The van der Waals surface area contributed by atoms with E-state index in [0.717, 1.165) is 5.56 Å². The number of ether oxygens (including phenoxy) is 1. The SMILES string of the molecule is CC[C@@H](C)N(CC(=O)N1CCc2sccc2[C@@H]1COc1cccc(F)c1)C(=O)c1ccccc1F. The summed E-state index contributed by atoms with van der Waals surface area (Å²) in [7, 11) is 0. The van der Waals surface area contributed by atoms with Gasteiger partial charge in [0, 0.05) is 23.5 Å². The number of hydrogen-bond acceptors (Lipinski definition) is 4. The van der Waals surface area contributed by atoms with Crippen molar-refractivity contribution in [2.75, 3.05) is 19.7 Å². The van der Waals surface area contributed by atoms with Crippen molar-refractivity contribution in [1.82, 2.24) is 9.80 Å². The molecule has 3 aromatic rings. The van der Waals surface area contributed by atoms with Gasteiger partial charge in [0.25, 0.3) is 5.91 Å². The molecule has 8 heteroatoms. The van der Waals surface area contributed by atoms with Crippen LogP contribution in [0, 0.1) is 11.6 Å². The molecule has 2 atom stereocenters. The molecular weight excluding hydrogens is 470 g/mol. The highest BCUT2D eigenvalue weighted by Crippen LogP contribution is 2.34. The van der Waals surface area contributed by atoms with Gasteiger partial charge < -0.3 is 14.5 Å². The molecule has 1 aliphatic heterocycles. The number of amides is 2. The second kappa shape index (κ2) is 11.0. The molecule has 0 N–H and O–H groups in total. The summed E-state index contributed by atoms with van der Waals surface area (Å²) in [5.74, 6) is -1.37. The Labute approximate surface area is 207 Å². The highest BCUT2D eigenvalue weighted by atomic mass is 32.1. The van der Waals surface area contributed by atoms with Crippen molar-refractivity contribution in [2.24, 2.45) is 0 Å². The second-order valence-corrected chi connectivity index (χ2v) is 9.59. The van der Waals surface area contributed by atoms with Crippen LogP contribution in [0.4, 0.5) is 8.78 Å². The molecule has 4 rings (SSSR count). The minimum absolute atomic E-state index is 0.0506. The van der Waals surface area contributed by atoms with E-state index in [1.807, 2.05) is 25.3 Å². The van der Waals surface area contributed by atoms with E-state index < -0.39 is 17.5 Å². The first-order valence-electron chi connectivity index (χ1n) is 11.7. The number of rotatable bonds is 8. The molecular formula is C27H28F2N2O3S. The monoisotopic (exact) mass is 498 g/mol. The number of thiophene rings is 1. The van der Waals surface area contributed by atoms with Gasteiger partial charge in [-0.3, -0.25) is 9.59 Å². The maximum atomic E-state index is 14.4. The lowest BCUT2D eigenvalue weighted by Crippen LogP contribution is -2.50. The summed E-state index contributed by atoms with van der Waals surface area (Å²) < 4.78 is 33.9. The van der Waals surface area contributed by atoms with Gasteiger partial charge in [-0.1, -0.05) is 25.1 Å². The van der Waals surface area contributed by atoms with Gasteiger partial charge in [-0.25, -0.2) is 8.78 Å². The predicted molar refractivity (Wildman–Crippen MR) is 132 cm³/mol. The molecule has 1 aromatic heterocycles. The molecule has 0 saturated carbocycles. The molecule has 184 valence electrons. The van der Waals surface area contributed by atoms with E-state index in [4.69, 9.17) is 4.74 Å². The van der Waals surface area contributed by atoms with Crippen LogP contribution in [-0.4, -0.2) is 47.4 Å². The summed E-state index contributed by atoms with van der Waals surface area (Å²) in [6, 6.07) is 13.1. The largest absolute Gasteiger partial charge is 0.491 e. The van der Waals surface area contributed by atoms with Gasteiger partial charge >= 0.3 is 0 Å². The van der Waals surface area contributed by atoms with Crippen molar-refractivity contribution in [3.05, 3.63) is 87.6 Å². The third-order valence-electron chi connectivity index (χ3n) is 6.41. The molecule has 0 spiro atoms. The van der Waals surface area contributed by atoms with Crippen LogP contribution in [-0.2, 0) is 11.2 Å². The first kappa shape index (κ1) is 24.9. The van der Waals surface area contributed by atoms with Crippen molar-refractivity contribution in [2.45, 2.75) is 38.8 Å². The molecule has 2 aromatic carbocycles. The standard InChI is InChI=1S/C27H28F2N2O3S/c1-3-18(2)31(27(33)21-9-4-5-10-23(21)29)16-26(32)30-13-11-25-22(12-14-35-25)24(30)17-34-20-8-6-7-19(28)15-20/h4-10,12,14-15,18,24H,3,11,13,16-17H2,1-2H3/t18-,24+/m1/s1. The molecule has 0 fully saturated rings. The fourth-order valence-electron chi connectivity index (χ4n) is 4.28. The van der Waals surface area contributed by atoms with Crippen LogP contribution in [0.2, 0.25) is 0 Å². The number of fused-ring (bicyclic) bond motifs is 1. The van der Waals surface area contributed by atoms with Crippen molar-refractivity contribution >= 4 is 23.2 Å². The Morgan fingerprint density at radius 2 is 1.97 bits per heavy atom. The molecule has 0 unspecified atom stereocenters.